The van der Waals surface area contributed by atoms with Crippen molar-refractivity contribution < 1.29 is 0 Å². The van der Waals surface area contributed by atoms with Gasteiger partial charge in [0.1, 0.15) is 0 Å². The topological polar surface area (TPSA) is 64.5 Å². The molecule has 0 saturated carbocycles. The highest BCUT2D eigenvalue weighted by atomic mass is 15.0. The lowest BCUT2D eigenvalue weighted by Crippen LogP contribution is -2.27. The summed E-state index contributed by atoms with van der Waals surface area (Å²) in [5.74, 6) is 2.77. The molecule has 71 heavy (non-hydrogen) atoms. The maximum atomic E-state index is 5.31. The third kappa shape index (κ3) is 6.65. The zero-order valence-electron chi connectivity index (χ0n) is 39.3. The summed E-state index contributed by atoms with van der Waals surface area (Å²) in [4.78, 5) is 25.7. The van der Waals surface area contributed by atoms with Gasteiger partial charge in [-0.25, -0.2) is 24.9 Å². The number of fused-ring (bicyclic) bond motifs is 3. The maximum absolute atomic E-state index is 5.31. The van der Waals surface area contributed by atoms with Crippen LogP contribution >= 0.6 is 0 Å². The second kappa shape index (κ2) is 16.1. The maximum Gasteiger partial charge on any atom is 0.164 e. The molecule has 2 aromatic heterocycles. The van der Waals surface area contributed by atoms with E-state index >= 15 is 0 Å². The van der Waals surface area contributed by atoms with E-state index in [1.807, 2.05) is 42.5 Å². The van der Waals surface area contributed by atoms with Gasteiger partial charge in [-0.15, -0.1) is 0 Å². The molecule has 0 spiro atoms. The van der Waals surface area contributed by atoms with Crippen molar-refractivity contribution in [2.24, 2.45) is 0 Å². The standard InChI is InChI=1S/C66H45N5/c1-66(2)56-28-15-14-23-48(56)53-27-16-26-47(61(53)66)40-29-31-41(32-30-40)57-39-58(68-62(67-57)42-17-6-3-7-18-42)45-33-35-51-54(37-45)59-49-24-12-13-25-50(49)60(51)55-38-46(34-36-52(55)59)65-70-63(43-19-8-4-9-20-43)69-64(71-65)44-21-10-5-11-22-44/h3-39,59-60H,1-2H3. The van der Waals surface area contributed by atoms with Crippen molar-refractivity contribution in [1.29, 1.82) is 0 Å². The molecule has 2 atom stereocenters. The van der Waals surface area contributed by atoms with Crippen molar-refractivity contribution in [2.75, 3.05) is 0 Å². The first-order valence-corrected chi connectivity index (χ1v) is 24.5. The molecular formula is C66H45N5. The number of rotatable bonds is 7. The SMILES string of the molecule is CC1(C)c2ccccc2-c2cccc(-c3ccc(-c4cc(-c5ccc6c(c5)C5c7ccccc7C6c6cc(-c7nc(-c8ccccc8)nc(-c8ccccc8)n7)ccc65)nc(-c5ccccc5)n4)cc3)c21. The van der Waals surface area contributed by atoms with E-state index in [9.17, 15) is 0 Å². The summed E-state index contributed by atoms with van der Waals surface area (Å²) in [5, 5.41) is 0. The predicted octanol–water partition coefficient (Wildman–Crippen LogP) is 15.6. The average molecular weight is 908 g/mol. The minimum atomic E-state index is -0.107. The molecule has 11 aromatic rings. The largest absolute Gasteiger partial charge is 0.228 e. The van der Waals surface area contributed by atoms with Crippen molar-refractivity contribution in [3.05, 3.63) is 269 Å². The zero-order chi connectivity index (χ0) is 47.2. The van der Waals surface area contributed by atoms with Crippen LogP contribution in [0.3, 0.4) is 0 Å². The summed E-state index contributed by atoms with van der Waals surface area (Å²) >= 11 is 0. The Morgan fingerprint density at radius 3 is 1.28 bits per heavy atom. The highest BCUT2D eigenvalue weighted by Gasteiger charge is 2.42. The molecule has 9 aromatic carbocycles. The number of aromatic nitrogens is 5. The van der Waals surface area contributed by atoms with Gasteiger partial charge >= 0.3 is 0 Å². The molecule has 2 bridgehead atoms. The van der Waals surface area contributed by atoms with Crippen LogP contribution in [0.1, 0.15) is 70.2 Å². The zero-order valence-corrected chi connectivity index (χ0v) is 39.3. The molecule has 2 heterocycles. The minimum absolute atomic E-state index is 0.0455. The molecule has 0 aliphatic heterocycles. The normalized spacial score (nSPS) is 15.3. The van der Waals surface area contributed by atoms with Gasteiger partial charge in [-0.2, -0.15) is 0 Å². The summed E-state index contributed by atoms with van der Waals surface area (Å²) in [6.45, 7) is 4.70. The van der Waals surface area contributed by atoms with E-state index < -0.39 is 0 Å². The highest BCUT2D eigenvalue weighted by molar-refractivity contribution is 5.89. The average Bonchev–Trinajstić information content (AvgIpc) is 3.69. The molecule has 2 unspecified atom stereocenters. The lowest BCUT2D eigenvalue weighted by molar-refractivity contribution is 0.662. The van der Waals surface area contributed by atoms with Crippen LogP contribution in [0.4, 0.5) is 0 Å². The minimum Gasteiger partial charge on any atom is -0.228 e. The lowest BCUT2D eigenvalue weighted by Gasteiger charge is -2.42. The Morgan fingerprint density at radius 2 is 0.690 bits per heavy atom. The van der Waals surface area contributed by atoms with E-state index in [1.165, 1.54) is 66.8 Å². The molecular weight excluding hydrogens is 863 g/mol. The molecule has 4 aliphatic rings. The number of hydrogen-bond acceptors (Lipinski definition) is 5. The Morgan fingerprint density at radius 1 is 0.282 bits per heavy atom. The van der Waals surface area contributed by atoms with E-state index in [0.717, 1.165) is 44.8 Å². The molecule has 0 saturated heterocycles. The molecule has 0 amide bonds. The Balaban J connectivity index is 0.857. The van der Waals surface area contributed by atoms with Gasteiger partial charge in [0.05, 0.1) is 11.4 Å². The van der Waals surface area contributed by atoms with Gasteiger partial charge in [0.2, 0.25) is 0 Å². The van der Waals surface area contributed by atoms with Crippen molar-refractivity contribution in [3.63, 3.8) is 0 Å². The first kappa shape index (κ1) is 41.1. The Kier molecular flexibility index (Phi) is 9.30. The second-order valence-electron chi connectivity index (χ2n) is 19.5. The second-order valence-corrected chi connectivity index (χ2v) is 19.5. The summed E-state index contributed by atoms with van der Waals surface area (Å²) < 4.78 is 0. The molecule has 5 nitrogen and oxygen atoms in total. The van der Waals surface area contributed by atoms with Gasteiger partial charge < -0.3 is 0 Å². The van der Waals surface area contributed by atoms with Gasteiger partial charge in [0, 0.05) is 50.6 Å². The fraction of sp³-hybridized carbons (Fsp3) is 0.0758. The quantitative estimate of drug-likeness (QED) is 0.159. The third-order valence-electron chi connectivity index (χ3n) is 15.1. The molecule has 0 fully saturated rings. The Hall–Kier alpha value is -8.93. The Labute approximate surface area is 413 Å². The van der Waals surface area contributed by atoms with Crippen molar-refractivity contribution in [2.45, 2.75) is 31.1 Å². The van der Waals surface area contributed by atoms with Crippen LogP contribution in [0, 0.1) is 0 Å². The molecule has 15 rings (SSSR count). The van der Waals surface area contributed by atoms with Crippen molar-refractivity contribution >= 4 is 0 Å². The van der Waals surface area contributed by atoms with Crippen molar-refractivity contribution in [3.8, 4) is 90.3 Å². The monoisotopic (exact) mass is 907 g/mol. The highest BCUT2D eigenvalue weighted by Crippen LogP contribution is 2.57. The summed E-state index contributed by atoms with van der Waals surface area (Å²) in [6, 6.07) is 80.2. The van der Waals surface area contributed by atoms with Crippen LogP contribution in [0.15, 0.2) is 224 Å². The smallest absolute Gasteiger partial charge is 0.164 e. The van der Waals surface area contributed by atoms with E-state index in [2.05, 4.69) is 196 Å². The third-order valence-corrected chi connectivity index (χ3v) is 15.1. The van der Waals surface area contributed by atoms with Gasteiger partial charge in [-0.3, -0.25) is 0 Å². The van der Waals surface area contributed by atoms with Crippen LogP contribution < -0.4 is 0 Å². The van der Waals surface area contributed by atoms with Crippen LogP contribution in [-0.2, 0) is 5.41 Å². The van der Waals surface area contributed by atoms with E-state index in [0.29, 0.717) is 23.3 Å². The van der Waals surface area contributed by atoms with Gasteiger partial charge in [0.15, 0.2) is 23.3 Å². The molecule has 0 radical (unpaired) electrons. The summed E-state index contributed by atoms with van der Waals surface area (Å²) in [5.41, 5.74) is 23.5. The van der Waals surface area contributed by atoms with E-state index in [-0.39, 0.29) is 17.3 Å². The fourth-order valence-corrected chi connectivity index (χ4v) is 11.8. The van der Waals surface area contributed by atoms with Gasteiger partial charge in [-0.1, -0.05) is 220 Å². The number of nitrogens with zero attached hydrogens (tertiary/aromatic N) is 5. The van der Waals surface area contributed by atoms with Crippen LogP contribution in [0.25, 0.3) is 90.3 Å². The first-order chi connectivity index (χ1) is 34.9. The number of hydrogen-bond donors (Lipinski definition) is 0. The van der Waals surface area contributed by atoms with E-state index in [1.54, 1.807) is 0 Å². The van der Waals surface area contributed by atoms with Crippen LogP contribution in [-0.4, -0.2) is 24.9 Å². The van der Waals surface area contributed by atoms with Gasteiger partial charge in [0.25, 0.3) is 0 Å². The first-order valence-electron chi connectivity index (χ1n) is 24.5. The molecule has 334 valence electrons. The van der Waals surface area contributed by atoms with Crippen molar-refractivity contribution in [1.82, 2.24) is 24.9 Å². The van der Waals surface area contributed by atoms with Gasteiger partial charge in [-0.05, 0) is 85.0 Å². The fourth-order valence-electron chi connectivity index (χ4n) is 11.8. The van der Waals surface area contributed by atoms with Crippen LogP contribution in [0.5, 0.6) is 0 Å². The summed E-state index contributed by atoms with van der Waals surface area (Å²) in [7, 11) is 0. The Bertz CT molecular complexity index is 3840. The lowest BCUT2D eigenvalue weighted by atomic mass is 9.60. The number of benzene rings is 9. The van der Waals surface area contributed by atoms with Crippen LogP contribution in [0.2, 0.25) is 0 Å². The molecule has 0 N–H and O–H groups in total. The molecule has 5 heteroatoms. The predicted molar refractivity (Wildman–Crippen MR) is 286 cm³/mol. The van der Waals surface area contributed by atoms with E-state index in [4.69, 9.17) is 24.9 Å². The molecule has 4 aliphatic carbocycles. The summed E-state index contributed by atoms with van der Waals surface area (Å²) in [6.07, 6.45) is 0.